The molecule has 1 saturated heterocycles. The van der Waals surface area contributed by atoms with Gasteiger partial charge in [0.15, 0.2) is 0 Å². The second-order valence-electron chi connectivity index (χ2n) is 5.46. The minimum absolute atomic E-state index is 0.189. The highest BCUT2D eigenvalue weighted by atomic mass is 32.2. The second-order valence-corrected chi connectivity index (χ2v) is 8.53. The van der Waals surface area contributed by atoms with E-state index < -0.39 is 10.0 Å². The van der Waals surface area contributed by atoms with Crippen molar-refractivity contribution in [3.05, 3.63) is 60.2 Å². The van der Waals surface area contributed by atoms with Gasteiger partial charge in [0, 0.05) is 24.9 Å². The Balaban J connectivity index is 1.88. The lowest BCUT2D eigenvalue weighted by Crippen LogP contribution is -2.30. The number of hydrogen-bond donors (Lipinski definition) is 1. The van der Waals surface area contributed by atoms with E-state index in [0.29, 0.717) is 12.2 Å². The molecule has 5 nitrogen and oxygen atoms in total. The van der Waals surface area contributed by atoms with E-state index in [1.165, 1.54) is 19.1 Å². The first-order chi connectivity index (χ1) is 11.5. The van der Waals surface area contributed by atoms with Crippen molar-refractivity contribution in [1.82, 2.24) is 4.31 Å². The zero-order chi connectivity index (χ0) is 17.2. The number of carbonyl (C=O) groups excluding carboxylic acids is 1. The molecule has 0 radical (unpaired) electrons. The monoisotopic (exact) mass is 362 g/mol. The molecule has 2 aromatic rings. The van der Waals surface area contributed by atoms with E-state index in [1.54, 1.807) is 28.2 Å². The molecule has 1 fully saturated rings. The van der Waals surface area contributed by atoms with E-state index in [1.807, 2.05) is 30.3 Å². The quantitative estimate of drug-likeness (QED) is 0.908. The van der Waals surface area contributed by atoms with Crippen molar-refractivity contribution in [2.24, 2.45) is 0 Å². The highest BCUT2D eigenvalue weighted by molar-refractivity contribution is 8.01. The molecule has 126 valence electrons. The fourth-order valence-corrected chi connectivity index (χ4v) is 5.87. The molecule has 0 aromatic heterocycles. The minimum atomic E-state index is -3.58. The summed E-state index contributed by atoms with van der Waals surface area (Å²) in [5.41, 5.74) is 1.57. The van der Waals surface area contributed by atoms with Gasteiger partial charge in [0.1, 0.15) is 0 Å². The summed E-state index contributed by atoms with van der Waals surface area (Å²) in [6.07, 6.45) is 0. The third kappa shape index (κ3) is 3.48. The van der Waals surface area contributed by atoms with Gasteiger partial charge in [0.25, 0.3) is 0 Å². The molecule has 7 heteroatoms. The molecule has 0 bridgehead atoms. The molecule has 1 aliphatic heterocycles. The molecule has 0 spiro atoms. The average Bonchev–Trinajstić information content (AvgIpc) is 3.06. The molecule has 2 aromatic carbocycles. The van der Waals surface area contributed by atoms with E-state index in [4.69, 9.17) is 0 Å². The van der Waals surface area contributed by atoms with Crippen molar-refractivity contribution >= 4 is 33.4 Å². The van der Waals surface area contributed by atoms with Crippen LogP contribution in [0.5, 0.6) is 0 Å². The van der Waals surface area contributed by atoms with Crippen LogP contribution in [0.25, 0.3) is 0 Å². The summed E-state index contributed by atoms with van der Waals surface area (Å²) < 4.78 is 27.5. The normalized spacial score (nSPS) is 18.5. The number of hydrogen-bond acceptors (Lipinski definition) is 4. The van der Waals surface area contributed by atoms with Crippen LogP contribution in [0.1, 0.15) is 17.9 Å². The Hall–Kier alpha value is -1.83. The number of benzene rings is 2. The van der Waals surface area contributed by atoms with E-state index >= 15 is 0 Å². The maximum absolute atomic E-state index is 13.0. The van der Waals surface area contributed by atoms with E-state index in [9.17, 15) is 13.2 Å². The lowest BCUT2D eigenvalue weighted by atomic mass is 10.2. The topological polar surface area (TPSA) is 66.5 Å². The van der Waals surface area contributed by atoms with E-state index in [2.05, 4.69) is 5.32 Å². The van der Waals surface area contributed by atoms with Gasteiger partial charge in [0.05, 0.1) is 10.3 Å². The third-order valence-electron chi connectivity index (χ3n) is 3.71. The van der Waals surface area contributed by atoms with Crippen LogP contribution in [0.3, 0.4) is 0 Å². The van der Waals surface area contributed by atoms with Gasteiger partial charge in [0.2, 0.25) is 15.9 Å². The highest BCUT2D eigenvalue weighted by Crippen LogP contribution is 2.41. The molecular weight excluding hydrogens is 344 g/mol. The Bertz CT molecular complexity index is 821. The van der Waals surface area contributed by atoms with Crippen LogP contribution >= 0.6 is 11.8 Å². The van der Waals surface area contributed by atoms with Gasteiger partial charge in [-0.1, -0.05) is 30.3 Å². The van der Waals surface area contributed by atoms with Crippen molar-refractivity contribution in [2.45, 2.75) is 17.2 Å². The van der Waals surface area contributed by atoms with Crippen molar-refractivity contribution in [3.63, 3.8) is 0 Å². The molecule has 1 N–H and O–H groups in total. The molecule has 1 amide bonds. The van der Waals surface area contributed by atoms with Gasteiger partial charge in [-0.25, -0.2) is 8.42 Å². The van der Waals surface area contributed by atoms with Crippen LogP contribution in [0.4, 0.5) is 5.69 Å². The zero-order valence-electron chi connectivity index (χ0n) is 13.2. The van der Waals surface area contributed by atoms with Crippen LogP contribution in [-0.2, 0) is 14.8 Å². The summed E-state index contributed by atoms with van der Waals surface area (Å²) in [7, 11) is -3.58. The molecule has 0 saturated carbocycles. The fraction of sp³-hybridized carbons (Fsp3) is 0.235. The standard InChI is InChI=1S/C17H18N2O3S2/c1-13(20)18-15-7-9-16(10-8-15)24(21,22)19-11-12-23-17(19)14-5-3-2-4-6-14/h2-10,17H,11-12H2,1H3,(H,18,20)/t17-/m0/s1. The molecule has 1 atom stereocenters. The number of anilines is 1. The molecular formula is C17H18N2O3S2. The average molecular weight is 362 g/mol. The van der Waals surface area contributed by atoms with Gasteiger partial charge in [-0.15, -0.1) is 11.8 Å². The van der Waals surface area contributed by atoms with Crippen molar-refractivity contribution < 1.29 is 13.2 Å². The van der Waals surface area contributed by atoms with Crippen LogP contribution in [0.2, 0.25) is 0 Å². The zero-order valence-corrected chi connectivity index (χ0v) is 14.8. The highest BCUT2D eigenvalue weighted by Gasteiger charge is 2.36. The Labute approximate surface area is 146 Å². The molecule has 24 heavy (non-hydrogen) atoms. The number of nitrogens with zero attached hydrogens (tertiary/aromatic N) is 1. The van der Waals surface area contributed by atoms with Gasteiger partial charge in [-0.05, 0) is 29.8 Å². The minimum Gasteiger partial charge on any atom is -0.326 e. The molecule has 3 rings (SSSR count). The smallest absolute Gasteiger partial charge is 0.244 e. The van der Waals surface area contributed by atoms with Crippen LogP contribution in [0.15, 0.2) is 59.5 Å². The van der Waals surface area contributed by atoms with Crippen LogP contribution in [0, 0.1) is 0 Å². The number of nitrogens with one attached hydrogen (secondary N) is 1. The second kappa shape index (κ2) is 6.96. The number of sulfonamides is 1. The lowest BCUT2D eigenvalue weighted by Gasteiger charge is -2.23. The largest absolute Gasteiger partial charge is 0.326 e. The summed E-state index contributed by atoms with van der Waals surface area (Å²) in [6.45, 7) is 1.90. The SMILES string of the molecule is CC(=O)Nc1ccc(S(=O)(=O)N2CCS[C@H]2c2ccccc2)cc1. The molecule has 0 unspecified atom stereocenters. The van der Waals surface area contributed by atoms with Gasteiger partial charge in [-0.2, -0.15) is 4.31 Å². The summed E-state index contributed by atoms with van der Waals surface area (Å²) >= 11 is 1.63. The third-order valence-corrected chi connectivity index (χ3v) is 6.99. The Morgan fingerprint density at radius 2 is 1.79 bits per heavy atom. The fourth-order valence-electron chi connectivity index (χ4n) is 2.63. The predicted octanol–water partition coefficient (Wildman–Crippen LogP) is 3.08. The Morgan fingerprint density at radius 1 is 1.12 bits per heavy atom. The van der Waals surface area contributed by atoms with Crippen LogP contribution < -0.4 is 5.32 Å². The first-order valence-electron chi connectivity index (χ1n) is 7.54. The Morgan fingerprint density at radius 3 is 2.42 bits per heavy atom. The van der Waals surface area contributed by atoms with Crippen molar-refractivity contribution in [1.29, 1.82) is 0 Å². The molecule has 1 heterocycles. The molecule has 0 aliphatic carbocycles. The lowest BCUT2D eigenvalue weighted by molar-refractivity contribution is -0.114. The number of rotatable bonds is 4. The first-order valence-corrected chi connectivity index (χ1v) is 10.0. The molecule has 1 aliphatic rings. The van der Waals surface area contributed by atoms with Gasteiger partial charge >= 0.3 is 0 Å². The number of carbonyl (C=O) groups is 1. The predicted molar refractivity (Wildman–Crippen MR) is 96.3 cm³/mol. The first kappa shape index (κ1) is 17.0. The van der Waals surface area contributed by atoms with E-state index in [0.717, 1.165) is 11.3 Å². The van der Waals surface area contributed by atoms with E-state index in [-0.39, 0.29) is 16.2 Å². The summed E-state index contributed by atoms with van der Waals surface area (Å²) in [5.74, 6) is 0.577. The van der Waals surface area contributed by atoms with Crippen LogP contribution in [-0.4, -0.2) is 30.9 Å². The summed E-state index contributed by atoms with van der Waals surface area (Å²) in [6, 6.07) is 15.9. The number of thioether (sulfide) groups is 1. The number of amides is 1. The van der Waals surface area contributed by atoms with Crippen molar-refractivity contribution in [2.75, 3.05) is 17.6 Å². The van der Waals surface area contributed by atoms with Gasteiger partial charge < -0.3 is 5.32 Å². The summed E-state index contributed by atoms with van der Waals surface area (Å²) in [4.78, 5) is 11.3. The maximum Gasteiger partial charge on any atom is 0.244 e. The maximum atomic E-state index is 13.0. The van der Waals surface area contributed by atoms with Gasteiger partial charge in [-0.3, -0.25) is 4.79 Å². The van der Waals surface area contributed by atoms with Crippen molar-refractivity contribution in [3.8, 4) is 0 Å². The summed E-state index contributed by atoms with van der Waals surface area (Å²) in [5, 5.41) is 2.43. The Kier molecular flexibility index (Phi) is 4.93.